The number of aryl methyl sites for hydroxylation is 2. The SMILES string of the molecule is Cc1nn(C)c(-n2ccc3cc(Cl)ccc32)c1C=CC(=O)NS(=O)(=O)c1ccc(Cl)cc1Cl. The van der Waals surface area contributed by atoms with Crippen molar-refractivity contribution in [3.8, 4) is 5.82 Å². The summed E-state index contributed by atoms with van der Waals surface area (Å²) in [7, 11) is -2.40. The minimum atomic E-state index is -4.18. The molecule has 33 heavy (non-hydrogen) atoms. The van der Waals surface area contributed by atoms with Crippen molar-refractivity contribution in [2.75, 3.05) is 0 Å². The molecule has 2 aromatic heterocycles. The number of carbonyl (C=O) groups is 1. The number of fused-ring (bicyclic) bond motifs is 1. The third kappa shape index (κ3) is 4.65. The molecular weight excluding hydrogens is 507 g/mol. The number of carbonyl (C=O) groups excluding carboxylic acids is 1. The minimum absolute atomic E-state index is 0.0863. The van der Waals surface area contributed by atoms with Crippen molar-refractivity contribution in [2.45, 2.75) is 11.8 Å². The molecule has 0 aliphatic heterocycles. The summed E-state index contributed by atoms with van der Waals surface area (Å²) in [5, 5.41) is 6.22. The van der Waals surface area contributed by atoms with Gasteiger partial charge in [0.1, 0.15) is 10.7 Å². The zero-order chi connectivity index (χ0) is 23.9. The maximum Gasteiger partial charge on any atom is 0.265 e. The average Bonchev–Trinajstić information content (AvgIpc) is 3.24. The molecule has 0 spiro atoms. The first-order chi connectivity index (χ1) is 15.6. The molecule has 0 aliphatic rings. The second-order valence-electron chi connectivity index (χ2n) is 7.21. The van der Waals surface area contributed by atoms with E-state index < -0.39 is 15.9 Å². The number of hydrogen-bond acceptors (Lipinski definition) is 4. The number of amides is 1. The molecule has 0 saturated carbocycles. The van der Waals surface area contributed by atoms with Gasteiger partial charge < -0.3 is 4.57 Å². The van der Waals surface area contributed by atoms with Gasteiger partial charge in [0.15, 0.2) is 0 Å². The number of sulfonamides is 1. The lowest BCUT2D eigenvalue weighted by molar-refractivity contribution is -0.114. The van der Waals surface area contributed by atoms with Crippen LogP contribution in [0.4, 0.5) is 0 Å². The van der Waals surface area contributed by atoms with Crippen LogP contribution >= 0.6 is 34.8 Å². The predicted octanol–water partition coefficient (Wildman–Crippen LogP) is 5.15. The third-order valence-electron chi connectivity index (χ3n) is 4.94. The van der Waals surface area contributed by atoms with Crippen LogP contribution in [0.1, 0.15) is 11.3 Å². The number of benzene rings is 2. The monoisotopic (exact) mass is 522 g/mol. The van der Waals surface area contributed by atoms with Crippen LogP contribution in [0.25, 0.3) is 22.8 Å². The molecule has 0 saturated heterocycles. The van der Waals surface area contributed by atoms with E-state index >= 15 is 0 Å². The van der Waals surface area contributed by atoms with E-state index in [2.05, 4.69) is 5.10 Å². The van der Waals surface area contributed by atoms with Gasteiger partial charge in [-0.3, -0.25) is 9.48 Å². The number of nitrogens with one attached hydrogen (secondary N) is 1. The molecule has 170 valence electrons. The second kappa shape index (κ2) is 8.87. The molecule has 0 aliphatic carbocycles. The Morgan fingerprint density at radius 2 is 1.76 bits per heavy atom. The molecule has 1 amide bonds. The summed E-state index contributed by atoms with van der Waals surface area (Å²) in [5.41, 5.74) is 2.22. The highest BCUT2D eigenvalue weighted by atomic mass is 35.5. The Morgan fingerprint density at radius 3 is 2.48 bits per heavy atom. The summed E-state index contributed by atoms with van der Waals surface area (Å²) >= 11 is 17.9. The maximum absolute atomic E-state index is 12.6. The minimum Gasteiger partial charge on any atom is -0.301 e. The van der Waals surface area contributed by atoms with Crippen molar-refractivity contribution in [1.82, 2.24) is 19.1 Å². The molecule has 4 rings (SSSR count). The van der Waals surface area contributed by atoms with Gasteiger partial charge in [0, 0.05) is 40.3 Å². The first-order valence-corrected chi connectivity index (χ1v) is 12.2. The van der Waals surface area contributed by atoms with E-state index in [4.69, 9.17) is 34.8 Å². The van der Waals surface area contributed by atoms with Gasteiger partial charge in [-0.25, -0.2) is 13.1 Å². The van der Waals surface area contributed by atoms with Gasteiger partial charge in [0.05, 0.1) is 16.2 Å². The van der Waals surface area contributed by atoms with Crippen LogP contribution < -0.4 is 4.72 Å². The van der Waals surface area contributed by atoms with Crippen LogP contribution in [0.5, 0.6) is 0 Å². The Morgan fingerprint density at radius 1 is 1.06 bits per heavy atom. The Kier molecular flexibility index (Phi) is 6.28. The molecule has 0 fully saturated rings. The quantitative estimate of drug-likeness (QED) is 0.367. The van der Waals surface area contributed by atoms with Crippen LogP contribution in [0, 0.1) is 6.92 Å². The normalized spacial score (nSPS) is 12.0. The van der Waals surface area contributed by atoms with E-state index in [1.807, 2.05) is 33.7 Å². The predicted molar refractivity (Wildman–Crippen MR) is 131 cm³/mol. The van der Waals surface area contributed by atoms with Crippen molar-refractivity contribution in [3.63, 3.8) is 0 Å². The van der Waals surface area contributed by atoms with Gasteiger partial charge >= 0.3 is 0 Å². The number of nitrogens with zero attached hydrogens (tertiary/aromatic N) is 3. The average molecular weight is 524 g/mol. The third-order valence-corrected chi connectivity index (χ3v) is 7.24. The molecule has 11 heteroatoms. The fourth-order valence-electron chi connectivity index (χ4n) is 3.51. The van der Waals surface area contributed by atoms with Crippen molar-refractivity contribution >= 4 is 67.7 Å². The van der Waals surface area contributed by atoms with E-state index in [0.29, 0.717) is 22.1 Å². The Hall–Kier alpha value is -2.78. The maximum atomic E-state index is 12.6. The summed E-state index contributed by atoms with van der Waals surface area (Å²) in [6, 6.07) is 11.4. The molecule has 0 radical (unpaired) electrons. The smallest absolute Gasteiger partial charge is 0.265 e. The standard InChI is InChI=1S/C22H17Cl3N4O3S/c1-13-17(5-8-21(30)27-33(31,32)20-7-4-16(24)12-18(20)25)22(28(2)26-13)29-10-9-14-11-15(23)3-6-19(14)29/h3-12H,1-2H3,(H,27,30). The number of rotatable bonds is 5. The van der Waals surface area contributed by atoms with Crippen LogP contribution in [-0.4, -0.2) is 28.7 Å². The summed E-state index contributed by atoms with van der Waals surface area (Å²) in [6.07, 6.45) is 4.53. The summed E-state index contributed by atoms with van der Waals surface area (Å²) in [5.74, 6) is -0.128. The van der Waals surface area contributed by atoms with E-state index in [9.17, 15) is 13.2 Å². The van der Waals surface area contributed by atoms with Crippen LogP contribution in [0.15, 0.2) is 59.6 Å². The lowest BCUT2D eigenvalue weighted by atomic mass is 10.2. The second-order valence-corrected chi connectivity index (χ2v) is 10.1. The molecule has 1 N–H and O–H groups in total. The highest BCUT2D eigenvalue weighted by Crippen LogP contribution is 2.28. The van der Waals surface area contributed by atoms with Gasteiger partial charge in [0.2, 0.25) is 0 Å². The van der Waals surface area contributed by atoms with E-state index in [1.54, 1.807) is 24.7 Å². The van der Waals surface area contributed by atoms with Crippen LogP contribution in [-0.2, 0) is 21.9 Å². The van der Waals surface area contributed by atoms with E-state index in [1.165, 1.54) is 24.3 Å². The van der Waals surface area contributed by atoms with Gasteiger partial charge in [-0.15, -0.1) is 0 Å². The Labute approximate surface area is 205 Å². The van der Waals surface area contributed by atoms with Crippen molar-refractivity contribution in [3.05, 3.63) is 81.1 Å². The zero-order valence-corrected chi connectivity index (χ0v) is 20.5. The first-order valence-electron chi connectivity index (χ1n) is 9.57. The molecule has 0 atom stereocenters. The topological polar surface area (TPSA) is 86.0 Å². The number of halogens is 3. The zero-order valence-electron chi connectivity index (χ0n) is 17.4. The van der Waals surface area contributed by atoms with E-state index in [-0.39, 0.29) is 14.9 Å². The summed E-state index contributed by atoms with van der Waals surface area (Å²) in [6.45, 7) is 1.80. The van der Waals surface area contributed by atoms with Crippen molar-refractivity contribution in [1.29, 1.82) is 0 Å². The van der Waals surface area contributed by atoms with Crippen molar-refractivity contribution in [2.24, 2.45) is 7.05 Å². The van der Waals surface area contributed by atoms with Gasteiger partial charge in [0.25, 0.3) is 15.9 Å². The number of aromatic nitrogens is 3. The molecule has 7 nitrogen and oxygen atoms in total. The Bertz CT molecular complexity index is 1540. The molecular formula is C22H17Cl3N4O3S. The highest BCUT2D eigenvalue weighted by molar-refractivity contribution is 7.90. The molecule has 2 heterocycles. The highest BCUT2D eigenvalue weighted by Gasteiger charge is 2.21. The summed E-state index contributed by atoms with van der Waals surface area (Å²) in [4.78, 5) is 12.2. The van der Waals surface area contributed by atoms with Gasteiger partial charge in [-0.05, 0) is 55.5 Å². The van der Waals surface area contributed by atoms with Crippen molar-refractivity contribution < 1.29 is 13.2 Å². The lowest BCUT2D eigenvalue weighted by Crippen LogP contribution is -2.29. The molecule has 4 aromatic rings. The molecule has 2 aromatic carbocycles. The van der Waals surface area contributed by atoms with Gasteiger partial charge in [-0.2, -0.15) is 5.10 Å². The lowest BCUT2D eigenvalue weighted by Gasteiger charge is -2.08. The first kappa shape index (κ1) is 23.4. The molecule has 0 bridgehead atoms. The van der Waals surface area contributed by atoms with Crippen LogP contribution in [0.2, 0.25) is 15.1 Å². The van der Waals surface area contributed by atoms with E-state index in [0.717, 1.165) is 17.0 Å². The summed E-state index contributed by atoms with van der Waals surface area (Å²) < 4.78 is 30.7. The van der Waals surface area contributed by atoms with Crippen LogP contribution in [0.3, 0.4) is 0 Å². The largest absolute Gasteiger partial charge is 0.301 e. The fraction of sp³-hybridized carbons (Fsp3) is 0.0909. The van der Waals surface area contributed by atoms with Gasteiger partial charge in [-0.1, -0.05) is 34.8 Å². The number of hydrogen-bond donors (Lipinski definition) is 1. The Balaban J connectivity index is 1.66. The molecule has 0 unspecified atom stereocenters. The fourth-order valence-corrected chi connectivity index (χ4v) is 5.41.